The summed E-state index contributed by atoms with van der Waals surface area (Å²) in [6.07, 6.45) is 3.00. The van der Waals surface area contributed by atoms with E-state index in [2.05, 4.69) is 15.1 Å². The maximum atomic E-state index is 14.7. The van der Waals surface area contributed by atoms with Gasteiger partial charge in [0.2, 0.25) is 11.7 Å². The number of hydrogen-bond donors (Lipinski definition) is 0. The Morgan fingerprint density at radius 1 is 1.34 bits per heavy atom. The number of para-hydroxylation sites is 1. The quantitative estimate of drug-likeness (QED) is 0.525. The molecule has 0 bridgehead atoms. The molecule has 1 fully saturated rings. The van der Waals surface area contributed by atoms with Crippen LogP contribution in [-0.4, -0.2) is 37.3 Å². The molecule has 4 heterocycles. The largest absolute Gasteiger partial charge is 0.381 e. The molecule has 0 aliphatic carbocycles. The van der Waals surface area contributed by atoms with Crippen molar-refractivity contribution >= 4 is 16.6 Å². The van der Waals surface area contributed by atoms with Gasteiger partial charge in [-0.2, -0.15) is 4.98 Å². The van der Waals surface area contributed by atoms with Gasteiger partial charge in [0, 0.05) is 12.6 Å². The van der Waals surface area contributed by atoms with Crippen molar-refractivity contribution < 1.29 is 13.7 Å². The van der Waals surface area contributed by atoms with Gasteiger partial charge in [0.1, 0.15) is 28.9 Å². The van der Waals surface area contributed by atoms with E-state index >= 15 is 0 Å². The summed E-state index contributed by atoms with van der Waals surface area (Å²) in [5.74, 6) is 0.336. The first-order chi connectivity index (χ1) is 14.1. The lowest BCUT2D eigenvalue weighted by molar-refractivity contribution is 0.189. The van der Waals surface area contributed by atoms with Crippen LogP contribution in [0.4, 0.5) is 4.39 Å². The molecule has 29 heavy (non-hydrogen) atoms. The molecule has 3 aromatic heterocycles. The molecule has 1 aromatic carbocycles. The molecule has 1 aliphatic rings. The van der Waals surface area contributed by atoms with E-state index in [1.807, 2.05) is 13.8 Å². The number of nitrogens with zero attached hydrogens (tertiary/aromatic N) is 5. The fourth-order valence-electron chi connectivity index (χ4n) is 3.88. The summed E-state index contributed by atoms with van der Waals surface area (Å²) in [6.45, 7) is 5.05. The highest BCUT2D eigenvalue weighted by Crippen LogP contribution is 2.29. The van der Waals surface area contributed by atoms with Gasteiger partial charge in [0.25, 0.3) is 5.56 Å². The van der Waals surface area contributed by atoms with Gasteiger partial charge in [-0.3, -0.25) is 13.8 Å². The Balaban J connectivity index is 1.78. The van der Waals surface area contributed by atoms with Crippen molar-refractivity contribution in [3.05, 3.63) is 46.6 Å². The van der Waals surface area contributed by atoms with Crippen LogP contribution in [0.15, 0.2) is 33.8 Å². The third-order valence-corrected chi connectivity index (χ3v) is 5.62. The fourth-order valence-corrected chi connectivity index (χ4v) is 3.88. The molecule has 2 unspecified atom stereocenters. The monoisotopic (exact) mass is 397 g/mol. The smallest absolute Gasteiger partial charge is 0.278 e. The number of imidazole rings is 1. The Morgan fingerprint density at radius 3 is 2.97 bits per heavy atom. The molecule has 0 N–H and O–H groups in total. The van der Waals surface area contributed by atoms with Crippen molar-refractivity contribution in [3.63, 3.8) is 0 Å². The minimum atomic E-state index is -0.444. The maximum absolute atomic E-state index is 14.7. The molecule has 5 rings (SSSR count). The summed E-state index contributed by atoms with van der Waals surface area (Å²) >= 11 is 0. The highest BCUT2D eigenvalue weighted by molar-refractivity contribution is 5.84. The average Bonchev–Trinajstić information content (AvgIpc) is 3.47. The van der Waals surface area contributed by atoms with Gasteiger partial charge in [0.05, 0.1) is 18.0 Å². The van der Waals surface area contributed by atoms with Crippen LogP contribution in [0.2, 0.25) is 0 Å². The lowest BCUT2D eigenvalue weighted by atomic mass is 10.1. The van der Waals surface area contributed by atoms with Crippen molar-refractivity contribution in [1.29, 1.82) is 0 Å². The average molecular weight is 397 g/mol. The summed E-state index contributed by atoms with van der Waals surface area (Å²) in [6, 6.07) is 4.56. The number of fused-ring (bicyclic) bond motifs is 3. The minimum Gasteiger partial charge on any atom is -0.381 e. The predicted octanol–water partition coefficient (Wildman–Crippen LogP) is 3.31. The highest BCUT2D eigenvalue weighted by Gasteiger charge is 2.27. The van der Waals surface area contributed by atoms with E-state index in [1.54, 1.807) is 16.5 Å². The predicted molar refractivity (Wildman–Crippen MR) is 103 cm³/mol. The summed E-state index contributed by atoms with van der Waals surface area (Å²) in [5.41, 5.74) is 1.12. The number of aromatic nitrogens is 5. The third kappa shape index (κ3) is 2.68. The van der Waals surface area contributed by atoms with Crippen molar-refractivity contribution in [2.75, 3.05) is 13.2 Å². The van der Waals surface area contributed by atoms with Crippen LogP contribution in [-0.2, 0) is 4.74 Å². The van der Waals surface area contributed by atoms with Gasteiger partial charge in [-0.05, 0) is 31.9 Å². The van der Waals surface area contributed by atoms with E-state index in [-0.39, 0.29) is 28.9 Å². The van der Waals surface area contributed by atoms with Gasteiger partial charge < -0.3 is 9.26 Å². The van der Waals surface area contributed by atoms with Crippen LogP contribution in [0.3, 0.4) is 0 Å². The molecule has 150 valence electrons. The third-order valence-electron chi connectivity index (χ3n) is 5.62. The Morgan fingerprint density at radius 2 is 2.21 bits per heavy atom. The summed E-state index contributed by atoms with van der Waals surface area (Å²) in [4.78, 5) is 22.3. The fraction of sp³-hybridized carbons (Fsp3) is 0.400. The van der Waals surface area contributed by atoms with Crippen LogP contribution in [0, 0.1) is 5.82 Å². The van der Waals surface area contributed by atoms with Crippen LogP contribution in [0.5, 0.6) is 0 Å². The number of halogens is 1. The first-order valence-corrected chi connectivity index (χ1v) is 9.71. The molecule has 0 radical (unpaired) electrons. The van der Waals surface area contributed by atoms with E-state index in [9.17, 15) is 9.18 Å². The molecule has 9 heteroatoms. The van der Waals surface area contributed by atoms with Crippen molar-refractivity contribution in [2.24, 2.45) is 0 Å². The second-order valence-electron chi connectivity index (χ2n) is 7.37. The Bertz CT molecular complexity index is 1270. The zero-order valence-corrected chi connectivity index (χ0v) is 16.1. The molecule has 4 aromatic rings. The lowest BCUT2D eigenvalue weighted by Crippen LogP contribution is -2.26. The van der Waals surface area contributed by atoms with E-state index in [4.69, 9.17) is 9.26 Å². The normalized spacial score (nSPS) is 18.1. The van der Waals surface area contributed by atoms with Crippen LogP contribution < -0.4 is 5.56 Å². The molecule has 0 saturated carbocycles. The topological polar surface area (TPSA) is 87.5 Å². The molecule has 2 atom stereocenters. The molecule has 1 saturated heterocycles. The molecule has 8 nitrogen and oxygen atoms in total. The number of rotatable bonds is 4. The first kappa shape index (κ1) is 18.0. The van der Waals surface area contributed by atoms with Crippen LogP contribution >= 0.6 is 0 Å². The van der Waals surface area contributed by atoms with Gasteiger partial charge in [-0.15, -0.1) is 0 Å². The summed E-state index contributed by atoms with van der Waals surface area (Å²) in [7, 11) is 0. The number of hydrogen-bond acceptors (Lipinski definition) is 6. The van der Waals surface area contributed by atoms with E-state index in [0.29, 0.717) is 42.3 Å². The molecule has 1 aliphatic heterocycles. The number of ether oxygens (including phenoxy) is 1. The number of benzene rings is 1. The van der Waals surface area contributed by atoms with E-state index in [1.165, 1.54) is 17.0 Å². The van der Waals surface area contributed by atoms with Crippen molar-refractivity contribution in [1.82, 2.24) is 24.1 Å². The Kier molecular flexibility index (Phi) is 4.20. The van der Waals surface area contributed by atoms with Crippen molar-refractivity contribution in [3.8, 4) is 11.5 Å². The lowest BCUT2D eigenvalue weighted by Gasteiger charge is -2.18. The SMILES string of the molecule is CCC(C)n1c(=O)c2c(-c3noc(C4CCOC4)n3)ncn2c2cccc(F)c21. The van der Waals surface area contributed by atoms with E-state index < -0.39 is 5.82 Å². The zero-order chi connectivity index (χ0) is 20.1. The highest BCUT2D eigenvalue weighted by atomic mass is 19.1. The maximum Gasteiger partial charge on any atom is 0.278 e. The summed E-state index contributed by atoms with van der Waals surface area (Å²) < 4.78 is 28.6. The van der Waals surface area contributed by atoms with Gasteiger partial charge in [-0.1, -0.05) is 18.1 Å². The Hall–Kier alpha value is -3.07. The first-order valence-electron chi connectivity index (χ1n) is 9.71. The molecule has 0 amide bonds. The second-order valence-corrected chi connectivity index (χ2v) is 7.37. The van der Waals surface area contributed by atoms with Crippen LogP contribution in [0.1, 0.15) is 44.5 Å². The van der Waals surface area contributed by atoms with Gasteiger partial charge in [0.15, 0.2) is 0 Å². The van der Waals surface area contributed by atoms with E-state index in [0.717, 1.165) is 6.42 Å². The van der Waals surface area contributed by atoms with Crippen molar-refractivity contribution in [2.45, 2.75) is 38.6 Å². The summed E-state index contributed by atoms with van der Waals surface area (Å²) in [5, 5.41) is 4.05. The molecule has 0 spiro atoms. The molecular weight excluding hydrogens is 377 g/mol. The standard InChI is InChI=1S/C20H20FN5O3/c1-3-11(2)26-16-13(21)5-4-6-14(16)25-10-22-15(17(25)20(26)27)18-23-19(29-24-18)12-7-8-28-9-12/h4-6,10-12H,3,7-9H2,1-2H3. The van der Waals surface area contributed by atoms with Crippen LogP contribution in [0.25, 0.3) is 28.1 Å². The minimum absolute atomic E-state index is 0.0526. The Labute approximate surface area is 164 Å². The van der Waals surface area contributed by atoms with Gasteiger partial charge in [-0.25, -0.2) is 9.37 Å². The van der Waals surface area contributed by atoms with Gasteiger partial charge >= 0.3 is 0 Å². The zero-order valence-electron chi connectivity index (χ0n) is 16.1. The second kappa shape index (κ2) is 6.77. The molecular formula is C20H20FN5O3.